The molecule has 4 heterocycles. The Bertz CT molecular complexity index is 540. The highest BCUT2D eigenvalue weighted by Gasteiger charge is 2.39. The van der Waals surface area contributed by atoms with Gasteiger partial charge >= 0.3 is 0 Å². The first-order valence-electron chi connectivity index (χ1n) is 7.10. The average Bonchev–Trinajstić information content (AvgIpc) is 2.91. The monoisotopic (exact) mass is 270 g/mol. The van der Waals surface area contributed by atoms with Crippen molar-refractivity contribution in [1.29, 1.82) is 0 Å². The van der Waals surface area contributed by atoms with Gasteiger partial charge in [-0.05, 0) is 61.5 Å². The average molecular weight is 270 g/mol. The highest BCUT2D eigenvalue weighted by Crippen LogP contribution is 2.42. The van der Waals surface area contributed by atoms with Crippen LogP contribution in [0.5, 0.6) is 0 Å². The van der Waals surface area contributed by atoms with E-state index in [0.29, 0.717) is 0 Å². The van der Waals surface area contributed by atoms with E-state index in [9.17, 15) is 0 Å². The molecule has 0 unspecified atom stereocenters. The van der Waals surface area contributed by atoms with Crippen molar-refractivity contribution >= 4 is 11.9 Å². The third-order valence-corrected chi connectivity index (χ3v) is 5.98. The molecule has 0 aliphatic carbocycles. The standard InChI is InChI=1S/C16H18N2S/c1-2-12-3-4-14-10-18(19-16(14)9-12)15-11-17-7-5-13(15)6-8-17/h1,3-4,9,13,15H,5-8,10-11H2/t15-/m1/s1. The Kier molecular flexibility index (Phi) is 2.84. The number of terminal acetylenes is 1. The first-order chi connectivity index (χ1) is 9.33. The summed E-state index contributed by atoms with van der Waals surface area (Å²) < 4.78 is 2.60. The molecule has 98 valence electrons. The van der Waals surface area contributed by atoms with Gasteiger partial charge in [0, 0.05) is 29.6 Å². The van der Waals surface area contributed by atoms with E-state index < -0.39 is 0 Å². The van der Waals surface area contributed by atoms with Gasteiger partial charge in [0.15, 0.2) is 0 Å². The minimum absolute atomic E-state index is 0.731. The van der Waals surface area contributed by atoms with E-state index in [1.165, 1.54) is 42.9 Å². The summed E-state index contributed by atoms with van der Waals surface area (Å²) in [5.74, 6) is 3.64. The topological polar surface area (TPSA) is 6.48 Å². The first kappa shape index (κ1) is 11.8. The van der Waals surface area contributed by atoms with E-state index in [0.717, 1.165) is 24.1 Å². The Morgan fingerprint density at radius 1 is 1.26 bits per heavy atom. The molecule has 0 amide bonds. The second-order valence-electron chi connectivity index (χ2n) is 5.84. The lowest BCUT2D eigenvalue weighted by atomic mass is 9.84. The van der Waals surface area contributed by atoms with Crippen LogP contribution in [0.3, 0.4) is 0 Å². The predicted octanol–water partition coefficient (Wildman–Crippen LogP) is 2.58. The number of nitrogens with zero attached hydrogens (tertiary/aromatic N) is 2. The van der Waals surface area contributed by atoms with Crippen molar-refractivity contribution in [3.63, 3.8) is 0 Å². The van der Waals surface area contributed by atoms with Crippen molar-refractivity contribution in [2.45, 2.75) is 30.3 Å². The Balaban J connectivity index is 1.55. The molecule has 19 heavy (non-hydrogen) atoms. The van der Waals surface area contributed by atoms with E-state index in [1.54, 1.807) is 0 Å². The fourth-order valence-electron chi connectivity index (χ4n) is 3.63. The van der Waals surface area contributed by atoms with Crippen molar-refractivity contribution in [1.82, 2.24) is 9.21 Å². The number of hydrogen-bond donors (Lipinski definition) is 0. The quantitative estimate of drug-likeness (QED) is 0.572. The summed E-state index contributed by atoms with van der Waals surface area (Å²) in [6.07, 6.45) is 8.26. The second-order valence-corrected chi connectivity index (χ2v) is 6.93. The minimum Gasteiger partial charge on any atom is -0.302 e. The summed E-state index contributed by atoms with van der Waals surface area (Å²) in [6, 6.07) is 7.17. The summed E-state index contributed by atoms with van der Waals surface area (Å²) in [4.78, 5) is 3.99. The highest BCUT2D eigenvalue weighted by atomic mass is 32.2. The van der Waals surface area contributed by atoms with Gasteiger partial charge in [-0.2, -0.15) is 0 Å². The largest absolute Gasteiger partial charge is 0.302 e. The lowest BCUT2D eigenvalue weighted by Crippen LogP contribution is -2.54. The maximum Gasteiger partial charge on any atom is 0.0366 e. The maximum absolute atomic E-state index is 5.49. The van der Waals surface area contributed by atoms with Crippen LogP contribution in [0.1, 0.15) is 24.0 Å². The van der Waals surface area contributed by atoms with E-state index in [2.05, 4.69) is 33.3 Å². The van der Waals surface area contributed by atoms with Gasteiger partial charge in [0.05, 0.1) is 0 Å². The zero-order valence-electron chi connectivity index (χ0n) is 11.0. The molecule has 0 spiro atoms. The van der Waals surface area contributed by atoms with Crippen molar-refractivity contribution in [3.05, 3.63) is 29.3 Å². The van der Waals surface area contributed by atoms with E-state index in [1.807, 2.05) is 11.9 Å². The number of hydrogen-bond acceptors (Lipinski definition) is 3. The molecule has 5 rings (SSSR count). The van der Waals surface area contributed by atoms with Crippen LogP contribution in [0.4, 0.5) is 0 Å². The van der Waals surface area contributed by atoms with Gasteiger partial charge in [0.25, 0.3) is 0 Å². The lowest BCUT2D eigenvalue weighted by Gasteiger charge is -2.47. The molecule has 2 bridgehead atoms. The van der Waals surface area contributed by atoms with Crippen LogP contribution in [-0.4, -0.2) is 34.9 Å². The third kappa shape index (κ3) is 1.99. The number of piperidine rings is 3. The first-order valence-corrected chi connectivity index (χ1v) is 7.87. The van der Waals surface area contributed by atoms with Gasteiger partial charge in [0.2, 0.25) is 0 Å². The Hall–Kier alpha value is -0.950. The third-order valence-electron chi connectivity index (χ3n) is 4.77. The Morgan fingerprint density at radius 3 is 2.79 bits per heavy atom. The van der Waals surface area contributed by atoms with E-state index >= 15 is 0 Å². The molecule has 1 aromatic carbocycles. The molecule has 3 heteroatoms. The van der Waals surface area contributed by atoms with Crippen molar-refractivity contribution in [3.8, 4) is 12.3 Å². The van der Waals surface area contributed by atoms with Crippen LogP contribution in [0.15, 0.2) is 23.1 Å². The lowest BCUT2D eigenvalue weighted by molar-refractivity contribution is 0.0420. The maximum atomic E-state index is 5.49. The van der Waals surface area contributed by atoms with E-state index in [-0.39, 0.29) is 0 Å². The number of fused-ring (bicyclic) bond motifs is 4. The molecule has 3 saturated heterocycles. The van der Waals surface area contributed by atoms with Gasteiger partial charge in [-0.15, -0.1) is 6.42 Å². The smallest absolute Gasteiger partial charge is 0.0366 e. The van der Waals surface area contributed by atoms with Gasteiger partial charge in [-0.1, -0.05) is 12.0 Å². The molecule has 3 fully saturated rings. The van der Waals surface area contributed by atoms with Crippen LogP contribution in [0.2, 0.25) is 0 Å². The van der Waals surface area contributed by atoms with Crippen molar-refractivity contribution in [2.24, 2.45) is 5.92 Å². The summed E-state index contributed by atoms with van der Waals surface area (Å²) in [5, 5.41) is 0. The molecule has 0 aromatic heterocycles. The van der Waals surface area contributed by atoms with Crippen molar-refractivity contribution in [2.75, 3.05) is 19.6 Å². The van der Waals surface area contributed by atoms with Crippen LogP contribution < -0.4 is 0 Å². The summed E-state index contributed by atoms with van der Waals surface area (Å²) in [7, 11) is 0. The predicted molar refractivity (Wildman–Crippen MR) is 78.7 cm³/mol. The van der Waals surface area contributed by atoms with Gasteiger partial charge < -0.3 is 4.90 Å². The normalized spacial score (nSPS) is 33.1. The Labute approximate surface area is 119 Å². The molecule has 2 nitrogen and oxygen atoms in total. The summed E-state index contributed by atoms with van der Waals surface area (Å²) >= 11 is 1.92. The van der Waals surface area contributed by atoms with Crippen molar-refractivity contribution < 1.29 is 0 Å². The molecule has 1 atom stereocenters. The van der Waals surface area contributed by atoms with Crippen LogP contribution in [-0.2, 0) is 6.54 Å². The fraction of sp³-hybridized carbons (Fsp3) is 0.500. The number of rotatable bonds is 1. The Morgan fingerprint density at radius 2 is 2.11 bits per heavy atom. The molecular formula is C16H18N2S. The fourth-order valence-corrected chi connectivity index (χ4v) is 4.89. The van der Waals surface area contributed by atoms with Crippen LogP contribution in [0, 0.1) is 18.3 Å². The molecule has 0 radical (unpaired) electrons. The molecule has 4 aliphatic heterocycles. The molecule has 4 aliphatic rings. The summed E-state index contributed by atoms with van der Waals surface area (Å²) in [6.45, 7) is 4.97. The molecule has 1 aromatic rings. The van der Waals surface area contributed by atoms with Gasteiger partial charge in [0.1, 0.15) is 0 Å². The zero-order valence-corrected chi connectivity index (χ0v) is 11.8. The summed E-state index contributed by atoms with van der Waals surface area (Å²) in [5.41, 5.74) is 2.45. The van der Waals surface area contributed by atoms with Crippen LogP contribution in [0.25, 0.3) is 0 Å². The zero-order chi connectivity index (χ0) is 12.8. The number of benzene rings is 1. The van der Waals surface area contributed by atoms with Crippen LogP contribution >= 0.6 is 11.9 Å². The minimum atomic E-state index is 0.731. The second kappa shape index (κ2) is 4.56. The van der Waals surface area contributed by atoms with E-state index in [4.69, 9.17) is 6.42 Å². The van der Waals surface area contributed by atoms with Gasteiger partial charge in [-0.3, -0.25) is 0 Å². The van der Waals surface area contributed by atoms with Gasteiger partial charge in [-0.25, -0.2) is 4.31 Å². The molecule has 0 saturated carbocycles. The highest BCUT2D eigenvalue weighted by molar-refractivity contribution is 7.97. The molecular weight excluding hydrogens is 252 g/mol. The molecule has 0 N–H and O–H groups in total. The SMILES string of the molecule is C#Cc1ccc2c(c1)SN([C@@H]1CN3CCC1CC3)C2.